The van der Waals surface area contributed by atoms with Crippen LogP contribution in [0.1, 0.15) is 37.4 Å². The van der Waals surface area contributed by atoms with E-state index in [0.717, 1.165) is 13.2 Å². The first kappa shape index (κ1) is 13.5. The Morgan fingerprint density at radius 2 is 2.16 bits per heavy atom. The molecule has 4 atom stereocenters. The summed E-state index contributed by atoms with van der Waals surface area (Å²) in [5.74, 6) is 0. The molecule has 1 aromatic rings. The van der Waals surface area contributed by atoms with Gasteiger partial charge in [-0.05, 0) is 37.4 Å². The highest BCUT2D eigenvalue weighted by Crippen LogP contribution is 2.42. The molecule has 1 aromatic carbocycles. The van der Waals surface area contributed by atoms with Crippen molar-refractivity contribution in [3.05, 3.63) is 35.4 Å². The molecule has 1 saturated heterocycles. The van der Waals surface area contributed by atoms with E-state index in [1.807, 2.05) is 0 Å². The molecule has 0 bridgehead atoms. The Morgan fingerprint density at radius 1 is 1.32 bits per heavy atom. The summed E-state index contributed by atoms with van der Waals surface area (Å²) in [5, 5.41) is 5.00. The lowest BCUT2D eigenvalue weighted by Gasteiger charge is -2.25. The van der Waals surface area contributed by atoms with Crippen LogP contribution in [-0.2, 0) is 11.2 Å². The lowest BCUT2D eigenvalue weighted by molar-refractivity contribution is 0.127. The predicted molar refractivity (Wildman–Crippen MR) is 81.8 cm³/mol. The molecule has 4 unspecified atom stereocenters. The second-order valence-corrected chi connectivity index (χ2v) is 7.00. The highest BCUT2D eigenvalue weighted by molar-refractivity contribution is 8.00. The largest absolute Gasteiger partial charge is 0.377 e. The summed E-state index contributed by atoms with van der Waals surface area (Å²) in [4.78, 5) is 0. The Bertz CT molecular complexity index is 437. The molecule has 3 rings (SSSR count). The van der Waals surface area contributed by atoms with Gasteiger partial charge in [-0.2, -0.15) is 11.8 Å². The van der Waals surface area contributed by atoms with Crippen LogP contribution in [0.3, 0.4) is 0 Å². The second-order valence-electron chi connectivity index (χ2n) is 5.52. The van der Waals surface area contributed by atoms with Crippen molar-refractivity contribution >= 4 is 11.8 Å². The van der Waals surface area contributed by atoms with Crippen molar-refractivity contribution in [2.45, 2.75) is 49.3 Å². The molecule has 0 saturated carbocycles. The van der Waals surface area contributed by atoms with Gasteiger partial charge in [-0.25, -0.2) is 0 Å². The standard InChI is InChI=1S/C16H23NOS/c1-3-17-16-13-7-5-4-6-12(13)10-15(16)19-14-8-9-18-11(14)2/h4-7,11,14-17H,3,8-10H2,1-2H3. The zero-order valence-corrected chi connectivity index (χ0v) is 12.6. The maximum absolute atomic E-state index is 5.71. The van der Waals surface area contributed by atoms with Gasteiger partial charge in [0.15, 0.2) is 0 Å². The number of benzene rings is 1. The minimum atomic E-state index is 0.413. The summed E-state index contributed by atoms with van der Waals surface area (Å²) in [6.07, 6.45) is 2.81. The molecular weight excluding hydrogens is 254 g/mol. The lowest BCUT2D eigenvalue weighted by Crippen LogP contribution is -2.29. The summed E-state index contributed by atoms with van der Waals surface area (Å²) in [7, 11) is 0. The Kier molecular flexibility index (Phi) is 4.15. The van der Waals surface area contributed by atoms with Crippen molar-refractivity contribution in [2.75, 3.05) is 13.2 Å². The Hall–Kier alpha value is -0.510. The number of rotatable bonds is 4. The quantitative estimate of drug-likeness (QED) is 0.913. The average molecular weight is 277 g/mol. The molecule has 1 heterocycles. The topological polar surface area (TPSA) is 21.3 Å². The number of nitrogens with one attached hydrogen (secondary N) is 1. The number of hydrogen-bond acceptors (Lipinski definition) is 3. The zero-order chi connectivity index (χ0) is 13.2. The van der Waals surface area contributed by atoms with E-state index in [4.69, 9.17) is 4.74 Å². The van der Waals surface area contributed by atoms with Gasteiger partial charge in [0, 0.05) is 23.1 Å². The molecule has 0 aromatic heterocycles. The van der Waals surface area contributed by atoms with Crippen molar-refractivity contribution in [3.8, 4) is 0 Å². The molecule has 3 heteroatoms. The normalized spacial score (nSPS) is 33.6. The summed E-state index contributed by atoms with van der Waals surface area (Å²) in [5.41, 5.74) is 3.03. The van der Waals surface area contributed by atoms with E-state index in [-0.39, 0.29) is 0 Å². The lowest BCUT2D eigenvalue weighted by atomic mass is 10.1. The van der Waals surface area contributed by atoms with E-state index in [2.05, 4.69) is 55.2 Å². The smallest absolute Gasteiger partial charge is 0.0666 e. The van der Waals surface area contributed by atoms with Crippen molar-refractivity contribution in [2.24, 2.45) is 0 Å². The fourth-order valence-electron chi connectivity index (χ4n) is 3.26. The number of ether oxygens (including phenoxy) is 1. The molecule has 2 nitrogen and oxygen atoms in total. The minimum Gasteiger partial charge on any atom is -0.377 e. The first-order valence-corrected chi connectivity index (χ1v) is 8.32. The van der Waals surface area contributed by atoms with Gasteiger partial charge >= 0.3 is 0 Å². The molecule has 1 aliphatic carbocycles. The number of thioether (sulfide) groups is 1. The Labute approximate surface area is 120 Å². The zero-order valence-electron chi connectivity index (χ0n) is 11.8. The predicted octanol–water partition coefficient (Wildman–Crippen LogP) is 3.17. The van der Waals surface area contributed by atoms with Crippen molar-refractivity contribution < 1.29 is 4.74 Å². The van der Waals surface area contributed by atoms with Gasteiger partial charge in [0.05, 0.1) is 6.10 Å². The van der Waals surface area contributed by atoms with E-state index >= 15 is 0 Å². The maximum atomic E-state index is 5.71. The van der Waals surface area contributed by atoms with Crippen LogP contribution in [0.15, 0.2) is 24.3 Å². The Balaban J connectivity index is 1.75. The van der Waals surface area contributed by atoms with Crippen LogP contribution in [0.5, 0.6) is 0 Å². The van der Waals surface area contributed by atoms with Crippen molar-refractivity contribution in [1.29, 1.82) is 0 Å². The number of hydrogen-bond donors (Lipinski definition) is 1. The van der Waals surface area contributed by atoms with Crippen LogP contribution in [0.2, 0.25) is 0 Å². The second kappa shape index (κ2) is 5.86. The molecule has 1 N–H and O–H groups in total. The van der Waals surface area contributed by atoms with Gasteiger partial charge in [-0.15, -0.1) is 0 Å². The van der Waals surface area contributed by atoms with E-state index in [9.17, 15) is 0 Å². The fourth-order valence-corrected chi connectivity index (χ4v) is 4.92. The molecule has 1 fully saturated rings. The molecule has 0 spiro atoms. The molecule has 1 aliphatic heterocycles. The molecule has 104 valence electrons. The Morgan fingerprint density at radius 3 is 2.89 bits per heavy atom. The van der Waals surface area contributed by atoms with E-state index in [1.54, 1.807) is 0 Å². The molecule has 0 amide bonds. The van der Waals surface area contributed by atoms with E-state index < -0.39 is 0 Å². The first-order valence-electron chi connectivity index (χ1n) is 7.38. The van der Waals surface area contributed by atoms with Crippen LogP contribution < -0.4 is 5.32 Å². The van der Waals surface area contributed by atoms with Crippen molar-refractivity contribution in [1.82, 2.24) is 5.32 Å². The van der Waals surface area contributed by atoms with Crippen LogP contribution >= 0.6 is 11.8 Å². The maximum Gasteiger partial charge on any atom is 0.0666 e. The summed E-state index contributed by atoms with van der Waals surface area (Å²) >= 11 is 2.14. The molecule has 19 heavy (non-hydrogen) atoms. The summed E-state index contributed by atoms with van der Waals surface area (Å²) in [6.45, 7) is 6.39. The van der Waals surface area contributed by atoms with Gasteiger partial charge in [0.25, 0.3) is 0 Å². The number of fused-ring (bicyclic) bond motifs is 1. The van der Waals surface area contributed by atoms with Gasteiger partial charge in [0.1, 0.15) is 0 Å². The van der Waals surface area contributed by atoms with E-state index in [1.165, 1.54) is 24.0 Å². The third kappa shape index (κ3) is 2.69. The first-order chi connectivity index (χ1) is 9.29. The van der Waals surface area contributed by atoms with Gasteiger partial charge in [0.2, 0.25) is 0 Å². The van der Waals surface area contributed by atoms with Gasteiger partial charge in [-0.3, -0.25) is 0 Å². The SMILES string of the molecule is CCNC1c2ccccc2CC1SC1CCOC1C. The van der Waals surface area contributed by atoms with Crippen LogP contribution in [0, 0.1) is 0 Å². The third-order valence-electron chi connectivity index (χ3n) is 4.26. The van der Waals surface area contributed by atoms with E-state index in [0.29, 0.717) is 22.6 Å². The van der Waals surface area contributed by atoms with Crippen LogP contribution in [0.4, 0.5) is 0 Å². The van der Waals surface area contributed by atoms with Gasteiger partial charge < -0.3 is 10.1 Å². The van der Waals surface area contributed by atoms with Crippen molar-refractivity contribution in [3.63, 3.8) is 0 Å². The third-order valence-corrected chi connectivity index (χ3v) is 6.02. The molecule has 0 radical (unpaired) electrons. The van der Waals surface area contributed by atoms with Crippen LogP contribution in [0.25, 0.3) is 0 Å². The molecule has 2 aliphatic rings. The van der Waals surface area contributed by atoms with Gasteiger partial charge in [-0.1, -0.05) is 31.2 Å². The average Bonchev–Trinajstić information content (AvgIpc) is 2.96. The monoisotopic (exact) mass is 277 g/mol. The summed E-state index contributed by atoms with van der Waals surface area (Å²) in [6, 6.07) is 9.42. The fraction of sp³-hybridized carbons (Fsp3) is 0.625. The highest BCUT2D eigenvalue weighted by atomic mass is 32.2. The molecular formula is C16H23NOS. The van der Waals surface area contributed by atoms with Crippen LogP contribution in [-0.4, -0.2) is 29.8 Å². The summed E-state index contributed by atoms with van der Waals surface area (Å²) < 4.78 is 5.71. The minimum absolute atomic E-state index is 0.413. The highest BCUT2D eigenvalue weighted by Gasteiger charge is 2.36.